The molecule has 3 aromatic rings. The number of benzene rings is 2. The number of methoxy groups -OCH3 is 1. The average Bonchev–Trinajstić information content (AvgIpc) is 3.11. The second-order valence-corrected chi connectivity index (χ2v) is 11.9. The first-order valence-corrected chi connectivity index (χ1v) is 17.4. The van der Waals surface area contributed by atoms with Crippen molar-refractivity contribution in [2.75, 3.05) is 52.5 Å². The monoisotopic (exact) mass is 738 g/mol. The number of aliphatic carboxylic acids is 1. The Balaban J connectivity index is 0.00000157. The van der Waals surface area contributed by atoms with E-state index >= 15 is 0 Å². The maximum Gasteiger partial charge on any atom is 0.352 e. The summed E-state index contributed by atoms with van der Waals surface area (Å²) in [5.41, 5.74) is 0.524. The van der Waals surface area contributed by atoms with Crippen LogP contribution in [0.2, 0.25) is 10.0 Å². The number of thioether (sulfide) groups is 1. The number of rotatable bonds is 14. The maximum absolute atomic E-state index is 13.0. The molecule has 2 atom stereocenters. The summed E-state index contributed by atoms with van der Waals surface area (Å²) in [4.78, 5) is 58.8. The van der Waals surface area contributed by atoms with Crippen molar-refractivity contribution < 1.29 is 38.4 Å². The number of carboxylic acids is 1. The molecule has 3 heterocycles. The van der Waals surface area contributed by atoms with Crippen molar-refractivity contribution >= 4 is 63.7 Å². The molecule has 0 spiro atoms. The van der Waals surface area contributed by atoms with Crippen LogP contribution in [0.4, 0.5) is 0 Å². The smallest absolute Gasteiger partial charge is 0.352 e. The Labute approximate surface area is 298 Å². The van der Waals surface area contributed by atoms with Gasteiger partial charge in [0.15, 0.2) is 0 Å². The van der Waals surface area contributed by atoms with Gasteiger partial charge < -0.3 is 34.4 Å². The number of nitrogens with one attached hydrogen (secondary N) is 2. The number of nitrogens with zero attached hydrogens (tertiary/aromatic N) is 2. The molecule has 0 bridgehead atoms. The van der Waals surface area contributed by atoms with Crippen LogP contribution < -0.4 is 15.6 Å². The minimum atomic E-state index is -1.30. The maximum atomic E-state index is 13.0. The van der Waals surface area contributed by atoms with Gasteiger partial charge in [-0.15, -0.1) is 11.8 Å². The number of hydrogen-bond acceptors (Lipinski definition) is 10. The van der Waals surface area contributed by atoms with E-state index in [4.69, 9.17) is 42.1 Å². The minimum Gasteiger partial charge on any atom is -0.488 e. The molecule has 2 aromatic carbocycles. The molecular weight excluding hydrogens is 699 g/mol. The Morgan fingerprint density at radius 1 is 1.02 bits per heavy atom. The number of ether oxygens (including phenoxy) is 4. The molecule has 2 aliphatic heterocycles. The first-order valence-electron chi connectivity index (χ1n) is 15.6. The Hall–Kier alpha value is -3.66. The van der Waals surface area contributed by atoms with E-state index in [1.165, 1.54) is 17.8 Å². The molecule has 266 valence electrons. The summed E-state index contributed by atoms with van der Waals surface area (Å²) in [6, 6.07) is 8.59. The number of fused-ring (bicyclic) bond motifs is 2. The highest BCUT2D eigenvalue weighted by Gasteiger charge is 2.54. The van der Waals surface area contributed by atoms with E-state index in [0.29, 0.717) is 45.3 Å². The Bertz CT molecular complexity index is 1720. The number of aromatic amines is 1. The van der Waals surface area contributed by atoms with E-state index in [1.807, 2.05) is 27.7 Å². The lowest BCUT2D eigenvalue weighted by molar-refractivity contribution is -0.151. The number of H-pyrrole nitrogens is 1. The van der Waals surface area contributed by atoms with Crippen molar-refractivity contribution in [3.05, 3.63) is 68.1 Å². The molecule has 13 nitrogen and oxygen atoms in total. The molecule has 0 aliphatic carbocycles. The van der Waals surface area contributed by atoms with E-state index in [-0.39, 0.29) is 49.5 Å². The molecule has 1 unspecified atom stereocenters. The summed E-state index contributed by atoms with van der Waals surface area (Å²) < 4.78 is 21.5. The molecular formula is C33H40Cl2N4O9S. The highest BCUT2D eigenvalue weighted by Crippen LogP contribution is 2.41. The molecule has 1 saturated heterocycles. The van der Waals surface area contributed by atoms with Crippen LogP contribution >= 0.6 is 35.0 Å². The predicted octanol–water partition coefficient (Wildman–Crippen LogP) is 4.75. The van der Waals surface area contributed by atoms with Crippen LogP contribution in [-0.4, -0.2) is 102 Å². The lowest BCUT2D eigenvalue weighted by Gasteiger charge is -2.49. The molecule has 0 radical (unpaired) electrons. The molecule has 2 aliphatic rings. The van der Waals surface area contributed by atoms with Crippen molar-refractivity contribution in [3.63, 3.8) is 0 Å². The fourth-order valence-electron chi connectivity index (χ4n) is 4.75. The average molecular weight is 740 g/mol. The standard InChI is InChI=1S/C29H28Cl2N4O9S.2C2H6/c1-41-6-7-42-8-9-43-13-22(36)33-23-27(38)35-24(29(39)40)15(14-45-28(23)35)12-44-21-5-3-17(31)11-19(21)25-32-20-4-2-16(30)10-18(20)26(37)34-25;2*1-2/h2-5,10-11,23,28H,6-9,12-14H2,1H3,(H,33,36)(H,39,40)(H,32,34,37);2*1-2H3/t23-,28?;;/m1../s1. The van der Waals surface area contributed by atoms with Crippen LogP contribution in [0.5, 0.6) is 5.75 Å². The van der Waals surface area contributed by atoms with Crippen molar-refractivity contribution in [2.24, 2.45) is 0 Å². The molecule has 1 fully saturated rings. The van der Waals surface area contributed by atoms with Gasteiger partial charge in [0.05, 0.1) is 42.9 Å². The van der Waals surface area contributed by atoms with E-state index in [2.05, 4.69) is 15.3 Å². The number of β-lactam (4-membered cyclic amide) rings is 1. The topological polar surface area (TPSA) is 169 Å². The summed E-state index contributed by atoms with van der Waals surface area (Å²) in [6.07, 6.45) is 0. The van der Waals surface area contributed by atoms with Gasteiger partial charge in [-0.2, -0.15) is 0 Å². The van der Waals surface area contributed by atoms with Crippen molar-refractivity contribution in [1.82, 2.24) is 20.2 Å². The van der Waals surface area contributed by atoms with Gasteiger partial charge in [0, 0.05) is 28.5 Å². The fourth-order valence-corrected chi connectivity index (χ4v) is 6.42. The number of carboxylic acid groups (broad SMARTS) is 1. The molecule has 49 heavy (non-hydrogen) atoms. The summed E-state index contributed by atoms with van der Waals surface area (Å²) in [5.74, 6) is -1.65. The summed E-state index contributed by atoms with van der Waals surface area (Å²) in [5, 5.41) is 13.1. The van der Waals surface area contributed by atoms with Crippen molar-refractivity contribution in [3.8, 4) is 17.1 Å². The molecule has 5 rings (SSSR count). The number of amides is 2. The number of carbonyl (C=O) groups is 3. The van der Waals surface area contributed by atoms with Crippen LogP contribution in [0.15, 0.2) is 52.5 Å². The fraction of sp³-hybridized carbons (Fsp3) is 0.424. The van der Waals surface area contributed by atoms with E-state index < -0.39 is 34.8 Å². The second-order valence-electron chi connectivity index (χ2n) is 9.88. The highest BCUT2D eigenvalue weighted by atomic mass is 35.5. The zero-order valence-electron chi connectivity index (χ0n) is 27.8. The molecule has 0 saturated carbocycles. The zero-order chi connectivity index (χ0) is 36.1. The summed E-state index contributed by atoms with van der Waals surface area (Å²) in [7, 11) is 1.56. The van der Waals surface area contributed by atoms with Crippen LogP contribution in [0, 0.1) is 0 Å². The first-order chi connectivity index (χ1) is 23.7. The third-order valence-electron chi connectivity index (χ3n) is 6.87. The molecule has 2 amide bonds. The molecule has 3 N–H and O–H groups in total. The Morgan fingerprint density at radius 3 is 2.41 bits per heavy atom. The van der Waals surface area contributed by atoms with Gasteiger partial charge in [-0.05, 0) is 36.4 Å². The zero-order valence-corrected chi connectivity index (χ0v) is 30.2. The first kappa shape index (κ1) is 39.8. The lowest BCUT2D eigenvalue weighted by atomic mass is 10.0. The van der Waals surface area contributed by atoms with E-state index in [1.54, 1.807) is 37.4 Å². The summed E-state index contributed by atoms with van der Waals surface area (Å²) >= 11 is 13.6. The molecule has 1 aromatic heterocycles. The summed E-state index contributed by atoms with van der Waals surface area (Å²) in [6.45, 7) is 8.88. The van der Waals surface area contributed by atoms with Gasteiger partial charge in [-0.3, -0.25) is 19.3 Å². The predicted molar refractivity (Wildman–Crippen MR) is 189 cm³/mol. The van der Waals surface area contributed by atoms with Crippen molar-refractivity contribution in [1.29, 1.82) is 0 Å². The van der Waals surface area contributed by atoms with E-state index in [9.17, 15) is 24.3 Å². The Kier molecular flexibility index (Phi) is 15.8. The van der Waals surface area contributed by atoms with Crippen molar-refractivity contribution in [2.45, 2.75) is 39.1 Å². The number of aromatic nitrogens is 2. The van der Waals surface area contributed by atoms with Gasteiger partial charge in [-0.1, -0.05) is 50.9 Å². The SMILES string of the molecule is CC.CC.COCCOCCOCC(=O)N[C@@H]1C(=O)N2C(C(=O)O)=C(COc3ccc(Cl)cc3-c3nc4ccc(Cl)cc4c(=O)[nH]3)CSC12. The normalized spacial score (nSPS) is 16.5. The minimum absolute atomic E-state index is 0.176. The number of halogens is 2. The van der Waals surface area contributed by atoms with Crippen LogP contribution in [-0.2, 0) is 28.6 Å². The highest BCUT2D eigenvalue weighted by molar-refractivity contribution is 8.00. The van der Waals surface area contributed by atoms with Crippen LogP contribution in [0.25, 0.3) is 22.3 Å². The van der Waals surface area contributed by atoms with Crippen LogP contribution in [0.1, 0.15) is 27.7 Å². The van der Waals surface area contributed by atoms with Crippen LogP contribution in [0.3, 0.4) is 0 Å². The quantitative estimate of drug-likeness (QED) is 0.154. The third-order valence-corrected chi connectivity index (χ3v) is 8.68. The van der Waals surface area contributed by atoms with E-state index in [0.717, 1.165) is 4.90 Å². The third kappa shape index (κ3) is 9.96. The van der Waals surface area contributed by atoms with Gasteiger partial charge in [0.25, 0.3) is 11.5 Å². The number of carbonyl (C=O) groups excluding carboxylic acids is 2. The Morgan fingerprint density at radius 2 is 1.69 bits per heavy atom. The van der Waals surface area contributed by atoms with Gasteiger partial charge in [0.2, 0.25) is 5.91 Å². The lowest BCUT2D eigenvalue weighted by Crippen LogP contribution is -2.70. The van der Waals surface area contributed by atoms with Gasteiger partial charge in [-0.25, -0.2) is 9.78 Å². The molecule has 16 heteroatoms. The largest absolute Gasteiger partial charge is 0.488 e. The second kappa shape index (κ2) is 19.5. The van der Waals surface area contributed by atoms with Gasteiger partial charge >= 0.3 is 5.97 Å². The van der Waals surface area contributed by atoms with Gasteiger partial charge in [0.1, 0.15) is 41.9 Å². The number of hydrogen-bond donors (Lipinski definition) is 3.